The van der Waals surface area contributed by atoms with Crippen LogP contribution in [0.25, 0.3) is 10.9 Å². The number of para-hydroxylation sites is 1. The van der Waals surface area contributed by atoms with Gasteiger partial charge in [0, 0.05) is 35.7 Å². The number of hydrogen-bond donors (Lipinski definition) is 13. The van der Waals surface area contributed by atoms with E-state index in [-0.39, 0.29) is 67.3 Å². The van der Waals surface area contributed by atoms with Crippen LogP contribution in [0.2, 0.25) is 0 Å². The predicted octanol–water partition coefficient (Wildman–Crippen LogP) is 2.35. The molecule has 0 spiro atoms. The minimum Gasteiger partial charge on any atom is -0.508 e. The first-order chi connectivity index (χ1) is 35.7. The fourth-order valence-electron chi connectivity index (χ4n) is 8.24. The summed E-state index contributed by atoms with van der Waals surface area (Å²) in [5.41, 5.74) is 7.98. The highest BCUT2D eigenvalue weighted by atomic mass is 32.1. The molecular formula is C54H82N10O11S. The lowest BCUT2D eigenvalue weighted by molar-refractivity contribution is -0.142. The van der Waals surface area contributed by atoms with Crippen molar-refractivity contribution in [3.8, 4) is 5.75 Å². The Kier molecular flexibility index (Phi) is 25.8. The van der Waals surface area contributed by atoms with Crippen molar-refractivity contribution in [2.24, 2.45) is 35.3 Å². The highest BCUT2D eigenvalue weighted by Crippen LogP contribution is 2.20. The molecule has 76 heavy (non-hydrogen) atoms. The summed E-state index contributed by atoms with van der Waals surface area (Å²) >= 11 is 4.28. The fraction of sp³-hybridized carbons (Fsp3) is 0.574. The highest BCUT2D eigenvalue weighted by Gasteiger charge is 2.35. The number of benzene rings is 2. The fourth-order valence-corrected chi connectivity index (χ4v) is 8.50. The van der Waals surface area contributed by atoms with E-state index in [9.17, 15) is 53.4 Å². The largest absolute Gasteiger partial charge is 0.508 e. The number of amides is 8. The summed E-state index contributed by atoms with van der Waals surface area (Å²) in [7, 11) is 0. The van der Waals surface area contributed by atoms with Crippen LogP contribution < -0.4 is 48.3 Å². The van der Waals surface area contributed by atoms with Crippen molar-refractivity contribution in [3.63, 3.8) is 0 Å². The van der Waals surface area contributed by atoms with Crippen LogP contribution in [-0.2, 0) is 56.0 Å². The number of aromatic nitrogens is 1. The van der Waals surface area contributed by atoms with Crippen molar-refractivity contribution < 1.29 is 53.4 Å². The molecule has 0 saturated carbocycles. The van der Waals surface area contributed by atoms with Crippen LogP contribution >= 0.6 is 12.6 Å². The van der Waals surface area contributed by atoms with Gasteiger partial charge in [-0.25, -0.2) is 4.79 Å². The summed E-state index contributed by atoms with van der Waals surface area (Å²) in [6, 6.07) is 3.73. The monoisotopic (exact) mass is 1080 g/mol. The molecule has 0 aliphatic rings. The van der Waals surface area contributed by atoms with Gasteiger partial charge in [-0.1, -0.05) is 106 Å². The van der Waals surface area contributed by atoms with Crippen molar-refractivity contribution >= 4 is 76.8 Å². The summed E-state index contributed by atoms with van der Waals surface area (Å²) in [6.45, 7) is 17.7. The van der Waals surface area contributed by atoms with Crippen molar-refractivity contribution in [2.75, 3.05) is 12.3 Å². The van der Waals surface area contributed by atoms with E-state index in [4.69, 9.17) is 5.73 Å². The van der Waals surface area contributed by atoms with E-state index in [1.165, 1.54) is 24.3 Å². The molecule has 22 heteroatoms. The lowest BCUT2D eigenvalue weighted by Gasteiger charge is -2.29. The van der Waals surface area contributed by atoms with Crippen LogP contribution in [0.3, 0.4) is 0 Å². The number of nitrogens with one attached hydrogen (secondary N) is 9. The standard InChI is InChI=1S/C54H82N10O11S/c1-11-32(10)46(64-50(70)40(22-30(6)7)60-47(67)38(20-28(2)3)59-48(68)39(21-29(4)5)62-52(72)45(55)31(8)9)53(73)57-26-44(66)58-43(27-76)51(71)61-41(24-34-25-56-37-15-13-12-14-36(34)37)49(69)63-42(54(74)75)23-33-16-18-35(65)19-17-33/h12-19,25,28-32,38-43,45-46,56,65,76H,11,20-24,26-27,55H2,1-10H3,(H,57,73)(H,58,66)(H,59,68)(H,60,67)(H,61,71)(H,62,72)(H,63,69)(H,64,70)(H,74,75)/t32-,38-,39-,40-,41-,42-,43-,45-,46-/m0/s1. The van der Waals surface area contributed by atoms with Gasteiger partial charge in [0.05, 0.1) is 12.6 Å². The van der Waals surface area contributed by atoms with E-state index in [2.05, 4.69) is 60.1 Å². The molecule has 2 aromatic carbocycles. The number of carbonyl (C=O) groups is 9. The predicted molar refractivity (Wildman–Crippen MR) is 292 cm³/mol. The average Bonchev–Trinajstić information content (AvgIpc) is 3.77. The zero-order valence-corrected chi connectivity index (χ0v) is 46.3. The van der Waals surface area contributed by atoms with Crippen LogP contribution in [0.15, 0.2) is 54.7 Å². The summed E-state index contributed by atoms with van der Waals surface area (Å²) < 4.78 is 0. The Morgan fingerprint density at radius 1 is 0.579 bits per heavy atom. The molecule has 1 aromatic heterocycles. The summed E-state index contributed by atoms with van der Waals surface area (Å²) in [5, 5.41) is 41.8. The molecule has 0 fully saturated rings. The third-order valence-corrected chi connectivity index (χ3v) is 13.2. The Labute approximate surface area is 451 Å². The Morgan fingerprint density at radius 2 is 1.05 bits per heavy atom. The van der Waals surface area contributed by atoms with E-state index in [0.29, 0.717) is 17.5 Å². The van der Waals surface area contributed by atoms with E-state index in [1.807, 2.05) is 59.7 Å². The molecule has 0 bridgehead atoms. The number of phenolic OH excluding ortho intramolecular Hbond substituents is 1. The SMILES string of the molecule is CC[C@H](C)[C@H](NC(=O)[C@H](CC(C)C)NC(=O)[C@H](CC(C)C)NC(=O)[C@H](CC(C)C)NC(=O)[C@@H](N)C(C)C)C(=O)NCC(=O)N[C@@H](CS)C(=O)N[C@@H](Cc1c[nH]c2ccccc12)C(=O)N[C@@H](Cc1ccc(O)cc1)C(=O)O. The number of rotatable bonds is 31. The number of H-pyrrole nitrogens is 1. The Morgan fingerprint density at radius 3 is 1.55 bits per heavy atom. The summed E-state index contributed by atoms with van der Waals surface area (Å²) in [5.74, 6) is -8.02. The molecule has 3 aromatic rings. The number of carboxylic acid groups (broad SMARTS) is 1. The molecule has 0 aliphatic carbocycles. The molecule has 3 rings (SSSR count). The van der Waals surface area contributed by atoms with Gasteiger partial charge >= 0.3 is 5.97 Å². The van der Waals surface area contributed by atoms with Crippen LogP contribution in [0.1, 0.15) is 106 Å². The van der Waals surface area contributed by atoms with Crippen LogP contribution in [0.5, 0.6) is 5.75 Å². The Hall–Kier alpha value is -6.68. The normalized spacial score (nSPS) is 15.1. The van der Waals surface area contributed by atoms with Crippen molar-refractivity contribution in [3.05, 3.63) is 65.9 Å². The van der Waals surface area contributed by atoms with Crippen molar-refractivity contribution in [1.29, 1.82) is 0 Å². The lowest BCUT2D eigenvalue weighted by Crippen LogP contribution is -2.60. The van der Waals surface area contributed by atoms with Gasteiger partial charge in [-0.3, -0.25) is 38.4 Å². The van der Waals surface area contributed by atoms with Crippen LogP contribution in [0, 0.1) is 29.6 Å². The molecule has 420 valence electrons. The lowest BCUT2D eigenvalue weighted by atomic mass is 9.96. The average molecular weight is 1080 g/mol. The third-order valence-electron chi connectivity index (χ3n) is 12.8. The molecule has 0 aliphatic heterocycles. The van der Waals surface area contributed by atoms with Gasteiger partial charge < -0.3 is 63.5 Å². The maximum absolute atomic E-state index is 14.1. The molecular weight excluding hydrogens is 997 g/mol. The first-order valence-electron chi connectivity index (χ1n) is 26.1. The number of hydrogen-bond acceptors (Lipinski definition) is 12. The first-order valence-corrected chi connectivity index (χ1v) is 26.7. The van der Waals surface area contributed by atoms with Gasteiger partial charge in [-0.15, -0.1) is 0 Å². The summed E-state index contributed by atoms with van der Waals surface area (Å²) in [4.78, 5) is 125. The molecule has 13 N–H and O–H groups in total. The maximum atomic E-state index is 14.1. The maximum Gasteiger partial charge on any atom is 0.326 e. The van der Waals surface area contributed by atoms with Crippen LogP contribution in [0.4, 0.5) is 0 Å². The number of fused-ring (bicyclic) bond motifs is 1. The van der Waals surface area contributed by atoms with Gasteiger partial charge in [-0.2, -0.15) is 12.6 Å². The van der Waals surface area contributed by atoms with E-state index in [1.54, 1.807) is 40.0 Å². The Bertz CT molecular complexity index is 2450. The summed E-state index contributed by atoms with van der Waals surface area (Å²) in [6.07, 6.45) is 2.52. The molecule has 21 nitrogen and oxygen atoms in total. The second-order valence-electron chi connectivity index (χ2n) is 21.1. The zero-order valence-electron chi connectivity index (χ0n) is 45.5. The number of thiol groups is 1. The van der Waals surface area contributed by atoms with Gasteiger partial charge in [0.1, 0.15) is 48.0 Å². The van der Waals surface area contributed by atoms with E-state index in [0.717, 1.165) is 10.9 Å². The third kappa shape index (κ3) is 20.5. The highest BCUT2D eigenvalue weighted by molar-refractivity contribution is 7.80. The minimum atomic E-state index is -1.42. The number of phenols is 1. The van der Waals surface area contributed by atoms with Gasteiger partial charge in [0.15, 0.2) is 0 Å². The van der Waals surface area contributed by atoms with Gasteiger partial charge in [0.2, 0.25) is 47.3 Å². The zero-order chi connectivity index (χ0) is 57.0. The number of aromatic hydroxyl groups is 1. The van der Waals surface area contributed by atoms with E-state index < -0.39 is 114 Å². The number of aromatic amines is 1. The molecule has 0 saturated heterocycles. The number of carboxylic acids is 1. The molecule has 0 unspecified atom stereocenters. The van der Waals surface area contributed by atoms with Crippen LogP contribution in [-0.4, -0.2) is 129 Å². The minimum absolute atomic E-state index is 0.000205. The first kappa shape index (κ1) is 63.6. The van der Waals surface area contributed by atoms with E-state index >= 15 is 0 Å². The Balaban J connectivity index is 1.75. The molecule has 9 atom stereocenters. The van der Waals surface area contributed by atoms with Gasteiger partial charge in [0.25, 0.3) is 0 Å². The quantitative estimate of drug-likeness (QED) is 0.0413. The number of aliphatic carboxylic acids is 1. The van der Waals surface area contributed by atoms with Gasteiger partial charge in [-0.05, 0) is 78.2 Å². The topological polar surface area (TPSA) is 332 Å². The molecule has 8 amide bonds. The van der Waals surface area contributed by atoms with Crippen molar-refractivity contribution in [1.82, 2.24) is 47.5 Å². The molecule has 1 heterocycles. The second-order valence-corrected chi connectivity index (χ2v) is 21.5. The van der Waals surface area contributed by atoms with Crippen molar-refractivity contribution in [2.45, 2.75) is 156 Å². The smallest absolute Gasteiger partial charge is 0.326 e. The number of carbonyl (C=O) groups excluding carboxylic acids is 8. The second kappa shape index (κ2) is 30.8. The number of nitrogens with two attached hydrogens (primary N) is 1. The molecule has 0 radical (unpaired) electrons.